The fourth-order valence-electron chi connectivity index (χ4n) is 1.75. The minimum absolute atomic E-state index is 0.195. The van der Waals surface area contributed by atoms with Crippen LogP contribution in [-0.2, 0) is 6.54 Å². The van der Waals surface area contributed by atoms with Gasteiger partial charge in [-0.25, -0.2) is 0 Å². The lowest BCUT2D eigenvalue weighted by Gasteiger charge is -2.29. The molecule has 0 aliphatic carbocycles. The van der Waals surface area contributed by atoms with Gasteiger partial charge >= 0.3 is 0 Å². The first-order valence-electron chi connectivity index (χ1n) is 6.02. The Morgan fingerprint density at radius 2 is 2.06 bits per heavy atom. The smallest absolute Gasteiger partial charge is 0.0634 e. The van der Waals surface area contributed by atoms with E-state index in [9.17, 15) is 0 Å². The van der Waals surface area contributed by atoms with Gasteiger partial charge in [0.2, 0.25) is 0 Å². The summed E-state index contributed by atoms with van der Waals surface area (Å²) in [5.41, 5.74) is 1.28. The molecule has 0 atom stereocenters. The molecule has 1 heterocycles. The molecule has 1 aromatic rings. The zero-order valence-electron chi connectivity index (χ0n) is 10.5. The van der Waals surface area contributed by atoms with Crippen LogP contribution in [-0.4, -0.2) is 17.4 Å². The van der Waals surface area contributed by atoms with Crippen molar-refractivity contribution in [2.75, 3.05) is 12.4 Å². The lowest BCUT2D eigenvalue weighted by atomic mass is 9.84. The lowest BCUT2D eigenvalue weighted by molar-refractivity contribution is 0.286. The van der Waals surface area contributed by atoms with Gasteiger partial charge < -0.3 is 5.32 Å². The first-order valence-corrected chi connectivity index (χ1v) is 6.93. The first kappa shape index (κ1) is 14.7. The van der Waals surface area contributed by atoms with Crippen molar-refractivity contribution >= 4 is 23.2 Å². The summed E-state index contributed by atoms with van der Waals surface area (Å²) in [7, 11) is 0. The summed E-state index contributed by atoms with van der Waals surface area (Å²) in [6.45, 7) is 6.06. The fourth-order valence-corrected chi connectivity index (χ4v) is 2.40. The molecule has 4 heteroatoms. The van der Waals surface area contributed by atoms with Crippen LogP contribution < -0.4 is 5.32 Å². The maximum Gasteiger partial charge on any atom is 0.0634 e. The Kier molecular flexibility index (Phi) is 6.24. The third-order valence-corrected chi connectivity index (χ3v) is 4.36. The normalized spacial score (nSPS) is 11.8. The van der Waals surface area contributed by atoms with Crippen molar-refractivity contribution in [3.63, 3.8) is 0 Å². The fraction of sp³-hybridized carbons (Fsp3) is 0.615. The average molecular weight is 275 g/mol. The number of nitrogens with zero attached hydrogens (tertiary/aromatic N) is 1. The molecule has 17 heavy (non-hydrogen) atoms. The van der Waals surface area contributed by atoms with Crippen LogP contribution in [0.3, 0.4) is 0 Å². The first-order chi connectivity index (χ1) is 8.17. The largest absolute Gasteiger partial charge is 0.312 e. The molecule has 0 aromatic carbocycles. The van der Waals surface area contributed by atoms with Crippen LogP contribution in [0.1, 0.15) is 32.3 Å². The van der Waals surface area contributed by atoms with E-state index in [0.717, 1.165) is 31.5 Å². The number of hydrogen-bond acceptors (Lipinski definition) is 2. The van der Waals surface area contributed by atoms with E-state index < -0.39 is 0 Å². The van der Waals surface area contributed by atoms with Crippen molar-refractivity contribution in [1.82, 2.24) is 10.3 Å². The van der Waals surface area contributed by atoms with E-state index in [1.54, 1.807) is 12.4 Å². The van der Waals surface area contributed by atoms with Crippen LogP contribution in [0.5, 0.6) is 0 Å². The van der Waals surface area contributed by atoms with Crippen LogP contribution >= 0.6 is 23.2 Å². The molecule has 0 unspecified atom stereocenters. The van der Waals surface area contributed by atoms with Crippen molar-refractivity contribution in [2.24, 2.45) is 5.41 Å². The van der Waals surface area contributed by atoms with Gasteiger partial charge in [0, 0.05) is 31.4 Å². The number of nitrogens with one attached hydrogen (secondary N) is 1. The minimum Gasteiger partial charge on any atom is -0.312 e. The van der Waals surface area contributed by atoms with Crippen LogP contribution in [0.15, 0.2) is 18.5 Å². The van der Waals surface area contributed by atoms with Crippen LogP contribution in [0.2, 0.25) is 5.02 Å². The number of rotatable bonds is 7. The maximum absolute atomic E-state index is 6.06. The summed E-state index contributed by atoms with van der Waals surface area (Å²) in [5, 5.41) is 4.15. The van der Waals surface area contributed by atoms with E-state index >= 15 is 0 Å². The molecule has 0 aliphatic heterocycles. The minimum atomic E-state index is 0.195. The van der Waals surface area contributed by atoms with Crippen molar-refractivity contribution in [3.05, 3.63) is 29.0 Å². The summed E-state index contributed by atoms with van der Waals surface area (Å²) in [6, 6.07) is 1.94. The van der Waals surface area contributed by atoms with Crippen molar-refractivity contribution < 1.29 is 0 Å². The van der Waals surface area contributed by atoms with E-state index in [0.29, 0.717) is 10.9 Å². The van der Waals surface area contributed by atoms with Gasteiger partial charge in [-0.2, -0.15) is 0 Å². The Bertz CT molecular complexity index is 330. The highest BCUT2D eigenvalue weighted by Crippen LogP contribution is 2.27. The Hall–Kier alpha value is -0.310. The molecule has 0 saturated heterocycles. The highest BCUT2D eigenvalue weighted by molar-refractivity contribution is 6.31. The molecular formula is C13H20Cl2N2. The highest BCUT2D eigenvalue weighted by atomic mass is 35.5. The predicted octanol–water partition coefficient (Wildman–Crippen LogP) is 3.87. The van der Waals surface area contributed by atoms with Crippen molar-refractivity contribution in [1.29, 1.82) is 0 Å². The predicted molar refractivity (Wildman–Crippen MR) is 74.7 cm³/mol. The molecule has 0 radical (unpaired) electrons. The second-order valence-electron chi connectivity index (χ2n) is 4.41. The van der Waals surface area contributed by atoms with Gasteiger partial charge in [0.05, 0.1) is 5.02 Å². The van der Waals surface area contributed by atoms with E-state index in [4.69, 9.17) is 23.2 Å². The quantitative estimate of drug-likeness (QED) is 0.764. The van der Waals surface area contributed by atoms with Gasteiger partial charge in [0.25, 0.3) is 0 Å². The zero-order chi connectivity index (χ0) is 12.7. The van der Waals surface area contributed by atoms with E-state index in [1.165, 1.54) is 0 Å². The summed E-state index contributed by atoms with van der Waals surface area (Å²) < 4.78 is 0. The Balaban J connectivity index is 2.49. The highest BCUT2D eigenvalue weighted by Gasteiger charge is 2.24. The Morgan fingerprint density at radius 1 is 1.35 bits per heavy atom. The zero-order valence-corrected chi connectivity index (χ0v) is 12.0. The lowest BCUT2D eigenvalue weighted by Crippen LogP contribution is -2.34. The van der Waals surface area contributed by atoms with E-state index in [-0.39, 0.29) is 5.41 Å². The van der Waals surface area contributed by atoms with E-state index in [1.807, 2.05) is 6.07 Å². The molecule has 1 rings (SSSR count). The van der Waals surface area contributed by atoms with Crippen LogP contribution in [0, 0.1) is 5.41 Å². The van der Waals surface area contributed by atoms with Gasteiger partial charge in [0.15, 0.2) is 0 Å². The standard InChI is InChI=1S/C13H20Cl2N2/c1-3-13(4-2,9-14)10-17-7-11-5-6-16-8-12(11)15/h5-6,8,17H,3-4,7,9-10H2,1-2H3. The Morgan fingerprint density at radius 3 is 2.59 bits per heavy atom. The third kappa shape index (κ3) is 4.13. The molecule has 0 aliphatic rings. The van der Waals surface area contributed by atoms with Crippen molar-refractivity contribution in [2.45, 2.75) is 33.2 Å². The topological polar surface area (TPSA) is 24.9 Å². The molecule has 1 N–H and O–H groups in total. The van der Waals surface area contributed by atoms with Crippen LogP contribution in [0.4, 0.5) is 0 Å². The molecule has 0 spiro atoms. The molecule has 2 nitrogen and oxygen atoms in total. The van der Waals surface area contributed by atoms with Gasteiger partial charge in [-0.1, -0.05) is 25.4 Å². The average Bonchev–Trinajstić information content (AvgIpc) is 2.37. The molecule has 1 aromatic heterocycles. The van der Waals surface area contributed by atoms with Gasteiger partial charge in [-0.05, 0) is 29.9 Å². The second-order valence-corrected chi connectivity index (χ2v) is 5.09. The third-order valence-electron chi connectivity index (χ3n) is 3.46. The number of hydrogen-bond donors (Lipinski definition) is 1. The number of aromatic nitrogens is 1. The summed E-state index contributed by atoms with van der Waals surface area (Å²) >= 11 is 12.1. The van der Waals surface area contributed by atoms with Gasteiger partial charge in [0.1, 0.15) is 0 Å². The second kappa shape index (κ2) is 7.20. The molecular weight excluding hydrogens is 255 g/mol. The number of halogens is 2. The molecule has 0 saturated carbocycles. The SMILES string of the molecule is CCC(CC)(CCl)CNCc1ccncc1Cl. The molecule has 0 bridgehead atoms. The van der Waals surface area contributed by atoms with Gasteiger partial charge in [-0.15, -0.1) is 11.6 Å². The summed E-state index contributed by atoms with van der Waals surface area (Å²) in [6.07, 6.45) is 5.61. The molecule has 0 fully saturated rings. The summed E-state index contributed by atoms with van der Waals surface area (Å²) in [5.74, 6) is 0.692. The number of alkyl halides is 1. The van der Waals surface area contributed by atoms with Gasteiger partial charge in [-0.3, -0.25) is 4.98 Å². The monoisotopic (exact) mass is 274 g/mol. The van der Waals surface area contributed by atoms with E-state index in [2.05, 4.69) is 24.1 Å². The van der Waals surface area contributed by atoms with Crippen molar-refractivity contribution in [3.8, 4) is 0 Å². The Labute approximate surface area is 114 Å². The number of pyridine rings is 1. The van der Waals surface area contributed by atoms with Crippen LogP contribution in [0.25, 0.3) is 0 Å². The summed E-state index contributed by atoms with van der Waals surface area (Å²) in [4.78, 5) is 3.97. The maximum atomic E-state index is 6.06. The molecule has 96 valence electrons. The molecule has 0 amide bonds.